The fourth-order valence-corrected chi connectivity index (χ4v) is 9.61. The number of carboxylic acids is 1. The predicted molar refractivity (Wildman–Crippen MR) is 341 cm³/mol. The van der Waals surface area contributed by atoms with Crippen LogP contribution in [-0.2, 0) is 33.3 Å². The Labute approximate surface area is 494 Å². The van der Waals surface area contributed by atoms with Crippen LogP contribution >= 0.6 is 0 Å². The number of rotatable bonds is 62. The van der Waals surface area contributed by atoms with Crippen molar-refractivity contribution in [3.63, 3.8) is 0 Å². The van der Waals surface area contributed by atoms with Crippen LogP contribution in [0.1, 0.15) is 303 Å². The molecule has 0 saturated heterocycles. The molecule has 0 spiro atoms. The molecule has 2 atom stereocenters. The van der Waals surface area contributed by atoms with E-state index in [4.69, 9.17) is 18.9 Å². The number of hydrogen-bond acceptors (Lipinski definition) is 7. The standard InChI is InChI=1S/C71H127NO8/c1-6-8-10-12-14-16-18-20-22-24-26-28-30-32-34-36-37-39-41-43-45-47-49-51-53-55-57-59-61-68(73)78-65-67(66-79-71(70(75)76)77-64-63-72(3,4)5)80-69(74)62-60-58-56-54-52-50-48-46-44-42-40-38-35-33-31-29-27-25-23-21-19-17-15-13-11-9-7-2/h9,11,15,17,21,23,27,29,33,35,40,42,67,71H,6-8,10,12-14,16,18-20,22,24-26,28,30-32,34,36-39,41,43-66H2,1-5H3/p+1/b11-9-,17-15-,23-21-,29-27-,35-33-,42-40-. The second-order valence-corrected chi connectivity index (χ2v) is 23.8. The zero-order valence-electron chi connectivity index (χ0n) is 53.0. The maximum Gasteiger partial charge on any atom is 0.361 e. The number of carboxylic acid groups (broad SMARTS) is 1. The van der Waals surface area contributed by atoms with Crippen LogP contribution in [0.2, 0.25) is 0 Å². The molecule has 0 aliphatic heterocycles. The molecule has 9 heteroatoms. The van der Waals surface area contributed by atoms with E-state index >= 15 is 0 Å². The van der Waals surface area contributed by atoms with Crippen LogP contribution in [0.4, 0.5) is 0 Å². The van der Waals surface area contributed by atoms with Gasteiger partial charge in [-0.15, -0.1) is 0 Å². The number of allylic oxidation sites excluding steroid dienone is 12. The lowest BCUT2D eigenvalue weighted by Crippen LogP contribution is -2.40. The fourth-order valence-electron chi connectivity index (χ4n) is 9.61. The number of carbonyl (C=O) groups excluding carboxylic acids is 2. The molecule has 0 bridgehead atoms. The Morgan fingerprint density at radius 1 is 0.388 bits per heavy atom. The highest BCUT2D eigenvalue weighted by atomic mass is 16.7. The Balaban J connectivity index is 4.15. The summed E-state index contributed by atoms with van der Waals surface area (Å²) in [5.41, 5.74) is 0. The van der Waals surface area contributed by atoms with Crippen molar-refractivity contribution in [2.75, 3.05) is 47.5 Å². The summed E-state index contributed by atoms with van der Waals surface area (Å²) in [5, 5.41) is 9.74. The molecule has 0 amide bonds. The summed E-state index contributed by atoms with van der Waals surface area (Å²) in [4.78, 5) is 37.6. The number of hydrogen-bond donors (Lipinski definition) is 1. The molecule has 0 radical (unpaired) electrons. The van der Waals surface area contributed by atoms with Crippen LogP contribution in [0.15, 0.2) is 72.9 Å². The smallest absolute Gasteiger partial charge is 0.361 e. The van der Waals surface area contributed by atoms with Crippen molar-refractivity contribution >= 4 is 17.9 Å². The summed E-state index contributed by atoms with van der Waals surface area (Å²) in [7, 11) is 5.98. The van der Waals surface area contributed by atoms with E-state index in [9.17, 15) is 19.5 Å². The minimum Gasteiger partial charge on any atom is -0.477 e. The zero-order valence-corrected chi connectivity index (χ0v) is 53.0. The van der Waals surface area contributed by atoms with E-state index < -0.39 is 24.3 Å². The molecule has 9 nitrogen and oxygen atoms in total. The van der Waals surface area contributed by atoms with Gasteiger partial charge in [0.1, 0.15) is 13.2 Å². The molecule has 2 unspecified atom stereocenters. The lowest BCUT2D eigenvalue weighted by atomic mass is 10.0. The molecule has 0 aliphatic carbocycles. The topological polar surface area (TPSA) is 108 Å². The van der Waals surface area contributed by atoms with Gasteiger partial charge in [0.25, 0.3) is 6.29 Å². The second-order valence-electron chi connectivity index (χ2n) is 23.8. The summed E-state index contributed by atoms with van der Waals surface area (Å²) in [6.45, 7) is 4.79. The average molecular weight is 1120 g/mol. The first-order valence-electron chi connectivity index (χ1n) is 33.6. The number of unbranched alkanes of at least 4 members (excludes halogenated alkanes) is 35. The Kier molecular flexibility index (Phi) is 59.3. The summed E-state index contributed by atoms with van der Waals surface area (Å²) in [6.07, 6.45) is 78.6. The van der Waals surface area contributed by atoms with Gasteiger partial charge in [-0.25, -0.2) is 4.79 Å². The van der Waals surface area contributed by atoms with Crippen molar-refractivity contribution in [3.8, 4) is 0 Å². The fraction of sp³-hybridized carbons (Fsp3) is 0.789. The van der Waals surface area contributed by atoms with Crippen molar-refractivity contribution in [1.29, 1.82) is 0 Å². The predicted octanol–water partition coefficient (Wildman–Crippen LogP) is 20.5. The zero-order chi connectivity index (χ0) is 58.3. The van der Waals surface area contributed by atoms with E-state index in [1.54, 1.807) is 0 Å². The van der Waals surface area contributed by atoms with Crippen molar-refractivity contribution < 1.29 is 42.9 Å². The summed E-state index contributed by atoms with van der Waals surface area (Å²) in [6, 6.07) is 0. The molecule has 0 saturated carbocycles. The third-order valence-corrected chi connectivity index (χ3v) is 14.7. The average Bonchev–Trinajstić information content (AvgIpc) is 3.43. The number of esters is 2. The van der Waals surface area contributed by atoms with Gasteiger partial charge in [0, 0.05) is 12.8 Å². The van der Waals surface area contributed by atoms with E-state index in [1.165, 1.54) is 186 Å². The molecular weight excluding hydrogens is 995 g/mol. The number of nitrogens with zero attached hydrogens (tertiary/aromatic N) is 1. The number of likely N-dealkylation sites (N-methyl/N-ethyl adjacent to an activating group) is 1. The molecular formula is C71H128NO8+. The molecule has 0 aromatic heterocycles. The largest absolute Gasteiger partial charge is 0.477 e. The van der Waals surface area contributed by atoms with Crippen molar-refractivity contribution in [2.24, 2.45) is 0 Å². The van der Waals surface area contributed by atoms with E-state index in [1.807, 2.05) is 21.1 Å². The number of ether oxygens (including phenoxy) is 4. The van der Waals surface area contributed by atoms with E-state index in [-0.39, 0.29) is 32.2 Å². The molecule has 80 heavy (non-hydrogen) atoms. The molecule has 0 aromatic carbocycles. The molecule has 464 valence electrons. The monoisotopic (exact) mass is 1120 g/mol. The van der Waals surface area contributed by atoms with Crippen molar-refractivity contribution in [3.05, 3.63) is 72.9 Å². The third kappa shape index (κ3) is 62.3. The molecule has 0 fully saturated rings. The molecule has 0 heterocycles. The molecule has 0 rings (SSSR count). The van der Waals surface area contributed by atoms with Gasteiger partial charge in [0.05, 0.1) is 34.4 Å². The van der Waals surface area contributed by atoms with Crippen LogP contribution < -0.4 is 0 Å². The lowest BCUT2D eigenvalue weighted by molar-refractivity contribution is -0.870. The summed E-state index contributed by atoms with van der Waals surface area (Å²) in [5.74, 6) is -2.00. The van der Waals surface area contributed by atoms with Crippen molar-refractivity contribution in [2.45, 2.75) is 315 Å². The Hall–Kier alpha value is -3.27. The summed E-state index contributed by atoms with van der Waals surface area (Å²) >= 11 is 0. The minimum absolute atomic E-state index is 0.184. The first kappa shape index (κ1) is 76.7. The summed E-state index contributed by atoms with van der Waals surface area (Å²) < 4.78 is 23.0. The Morgan fingerprint density at radius 2 is 0.713 bits per heavy atom. The van der Waals surface area contributed by atoms with Gasteiger partial charge in [-0.3, -0.25) is 9.59 Å². The van der Waals surface area contributed by atoms with Gasteiger partial charge in [-0.2, -0.15) is 0 Å². The first-order chi connectivity index (χ1) is 39.1. The maximum absolute atomic E-state index is 12.9. The Morgan fingerprint density at radius 3 is 1.06 bits per heavy atom. The van der Waals surface area contributed by atoms with Gasteiger partial charge in [0.15, 0.2) is 6.10 Å². The van der Waals surface area contributed by atoms with Crippen LogP contribution in [0.5, 0.6) is 0 Å². The molecule has 0 aromatic rings. The van der Waals surface area contributed by atoms with E-state index in [0.29, 0.717) is 23.9 Å². The van der Waals surface area contributed by atoms with Crippen LogP contribution in [-0.4, -0.2) is 87.4 Å². The van der Waals surface area contributed by atoms with Gasteiger partial charge < -0.3 is 28.5 Å². The van der Waals surface area contributed by atoms with E-state index in [2.05, 4.69) is 86.8 Å². The van der Waals surface area contributed by atoms with Crippen LogP contribution in [0.25, 0.3) is 0 Å². The highest BCUT2D eigenvalue weighted by molar-refractivity contribution is 5.71. The number of carbonyl (C=O) groups is 3. The van der Waals surface area contributed by atoms with Gasteiger partial charge >= 0.3 is 17.9 Å². The SMILES string of the molecule is CC/C=C\C/C=C\C/C=C\C/C=C\C/C=C\C/C=C\CCCCCCCCCCC(=O)OC(COC(=O)CCCCCCCCCCCCCCCCCCCCCCCCCCCCCC)COC(OCC[N+](C)(C)C)C(=O)O. The maximum atomic E-state index is 12.9. The highest BCUT2D eigenvalue weighted by Crippen LogP contribution is 2.18. The van der Waals surface area contributed by atoms with Gasteiger partial charge in [-0.05, 0) is 64.2 Å². The number of quaternary nitrogens is 1. The van der Waals surface area contributed by atoms with Crippen LogP contribution in [0, 0.1) is 0 Å². The molecule has 0 aliphatic rings. The molecule has 1 N–H and O–H groups in total. The Bertz CT molecular complexity index is 1540. The lowest BCUT2D eigenvalue weighted by Gasteiger charge is -2.25. The van der Waals surface area contributed by atoms with Gasteiger partial charge in [-0.1, -0.05) is 299 Å². The second kappa shape index (κ2) is 61.8. The highest BCUT2D eigenvalue weighted by Gasteiger charge is 2.25. The first-order valence-corrected chi connectivity index (χ1v) is 33.6. The number of aliphatic carboxylic acids is 1. The minimum atomic E-state index is -1.52. The normalized spacial score (nSPS) is 13.2. The van der Waals surface area contributed by atoms with Crippen molar-refractivity contribution in [1.82, 2.24) is 0 Å². The van der Waals surface area contributed by atoms with E-state index in [0.717, 1.165) is 83.5 Å². The van der Waals surface area contributed by atoms with Crippen LogP contribution in [0.3, 0.4) is 0 Å². The quantitative estimate of drug-likeness (QED) is 0.0211. The third-order valence-electron chi connectivity index (χ3n) is 14.7. The van der Waals surface area contributed by atoms with Gasteiger partial charge in [0.2, 0.25) is 0 Å².